The zero-order chi connectivity index (χ0) is 8.55. The van der Waals surface area contributed by atoms with Crippen molar-refractivity contribution in [1.82, 2.24) is 10.2 Å². The van der Waals surface area contributed by atoms with Crippen LogP contribution >= 0.6 is 0 Å². The molecule has 0 amide bonds. The second-order valence-electron chi connectivity index (χ2n) is 4.57. The molecule has 1 atom stereocenters. The summed E-state index contributed by atoms with van der Waals surface area (Å²) in [6.45, 7) is 8.49. The van der Waals surface area contributed by atoms with E-state index in [-0.39, 0.29) is 0 Å². The molecular formula is C10H20N2. The van der Waals surface area contributed by atoms with Crippen molar-refractivity contribution < 1.29 is 0 Å². The fourth-order valence-electron chi connectivity index (χ4n) is 2.58. The maximum absolute atomic E-state index is 3.67. The van der Waals surface area contributed by atoms with E-state index in [0.717, 1.165) is 12.0 Å². The van der Waals surface area contributed by atoms with Crippen LogP contribution in [0.15, 0.2) is 0 Å². The van der Waals surface area contributed by atoms with Crippen LogP contribution in [0.2, 0.25) is 0 Å². The van der Waals surface area contributed by atoms with Gasteiger partial charge in [0, 0.05) is 18.6 Å². The molecule has 0 unspecified atom stereocenters. The van der Waals surface area contributed by atoms with E-state index < -0.39 is 0 Å². The fraction of sp³-hybridized carbons (Fsp3) is 1.00. The number of hydrogen-bond donors (Lipinski definition) is 1. The van der Waals surface area contributed by atoms with Gasteiger partial charge in [0.15, 0.2) is 0 Å². The lowest BCUT2D eigenvalue weighted by molar-refractivity contribution is 0.0691. The Morgan fingerprint density at radius 3 is 2.33 bits per heavy atom. The van der Waals surface area contributed by atoms with Gasteiger partial charge in [0.2, 0.25) is 0 Å². The molecular weight excluding hydrogens is 148 g/mol. The van der Waals surface area contributed by atoms with E-state index >= 15 is 0 Å². The minimum atomic E-state index is 0.649. The molecule has 0 spiro atoms. The van der Waals surface area contributed by atoms with Crippen LogP contribution in [0.3, 0.4) is 0 Å². The topological polar surface area (TPSA) is 15.3 Å². The first-order valence-electron chi connectivity index (χ1n) is 5.24. The van der Waals surface area contributed by atoms with Gasteiger partial charge in [-0.3, -0.25) is 0 Å². The fourth-order valence-corrected chi connectivity index (χ4v) is 2.58. The maximum atomic E-state index is 3.67. The summed E-state index contributed by atoms with van der Waals surface area (Å²) in [5, 5.41) is 3.67. The number of fused-ring (bicyclic) bond motifs is 3. The summed E-state index contributed by atoms with van der Waals surface area (Å²) in [6.07, 6.45) is 2.84. The Bertz CT molecular complexity index is 146. The summed E-state index contributed by atoms with van der Waals surface area (Å²) in [7, 11) is 0. The van der Waals surface area contributed by atoms with Crippen LogP contribution in [0.5, 0.6) is 0 Å². The highest BCUT2D eigenvalue weighted by molar-refractivity contribution is 4.91. The van der Waals surface area contributed by atoms with E-state index in [4.69, 9.17) is 0 Å². The summed E-state index contributed by atoms with van der Waals surface area (Å²) >= 11 is 0. The summed E-state index contributed by atoms with van der Waals surface area (Å²) in [5.74, 6) is 0.970. The molecule has 0 saturated carbocycles. The van der Waals surface area contributed by atoms with E-state index in [1.807, 2.05) is 0 Å². The number of nitrogens with one attached hydrogen (secondary N) is 1. The van der Waals surface area contributed by atoms with E-state index in [1.54, 1.807) is 0 Å². The van der Waals surface area contributed by atoms with Gasteiger partial charge < -0.3 is 10.2 Å². The molecule has 0 aromatic rings. The lowest BCUT2D eigenvalue weighted by atomic mass is 9.84. The van der Waals surface area contributed by atoms with Gasteiger partial charge in [-0.15, -0.1) is 0 Å². The van der Waals surface area contributed by atoms with Gasteiger partial charge in [0.1, 0.15) is 0 Å². The standard InChI is InChI=1S/C10H20N2/c1-8(2)11-10-7-12-5-3-9(10)4-6-12/h8-11H,3-7H2,1-2H3/t10-/m1/s1. The van der Waals surface area contributed by atoms with Crippen LogP contribution in [-0.2, 0) is 0 Å². The van der Waals surface area contributed by atoms with Crippen LogP contribution < -0.4 is 5.32 Å². The summed E-state index contributed by atoms with van der Waals surface area (Å²) in [5.41, 5.74) is 0. The maximum Gasteiger partial charge on any atom is 0.0226 e. The molecule has 3 aliphatic rings. The summed E-state index contributed by atoms with van der Waals surface area (Å²) in [4.78, 5) is 2.60. The van der Waals surface area contributed by atoms with E-state index in [9.17, 15) is 0 Å². The molecule has 2 heteroatoms. The zero-order valence-corrected chi connectivity index (χ0v) is 8.21. The minimum absolute atomic E-state index is 0.649. The molecule has 2 bridgehead atoms. The van der Waals surface area contributed by atoms with Crippen molar-refractivity contribution in [2.45, 2.75) is 38.8 Å². The van der Waals surface area contributed by atoms with Gasteiger partial charge in [-0.25, -0.2) is 0 Å². The molecule has 0 aliphatic carbocycles. The van der Waals surface area contributed by atoms with Crippen molar-refractivity contribution in [2.24, 2.45) is 5.92 Å². The molecule has 70 valence electrons. The predicted octanol–water partition coefficient (Wildman–Crippen LogP) is 1.08. The SMILES string of the molecule is CC(C)N[C@@H]1CN2CCC1CC2. The molecule has 1 N–H and O–H groups in total. The lowest BCUT2D eigenvalue weighted by Crippen LogP contribution is -2.57. The monoisotopic (exact) mass is 168 g/mol. The van der Waals surface area contributed by atoms with Gasteiger partial charge in [0.25, 0.3) is 0 Å². The highest BCUT2D eigenvalue weighted by Crippen LogP contribution is 2.27. The first kappa shape index (κ1) is 8.52. The largest absolute Gasteiger partial charge is 0.310 e. The quantitative estimate of drug-likeness (QED) is 0.663. The second-order valence-corrected chi connectivity index (χ2v) is 4.57. The second kappa shape index (κ2) is 3.35. The smallest absolute Gasteiger partial charge is 0.0226 e. The molecule has 3 aliphatic heterocycles. The molecule has 3 saturated heterocycles. The number of rotatable bonds is 2. The van der Waals surface area contributed by atoms with Gasteiger partial charge in [-0.1, -0.05) is 13.8 Å². The van der Waals surface area contributed by atoms with Crippen molar-refractivity contribution in [3.63, 3.8) is 0 Å². The van der Waals surface area contributed by atoms with Crippen molar-refractivity contribution in [3.8, 4) is 0 Å². The van der Waals surface area contributed by atoms with E-state index in [0.29, 0.717) is 6.04 Å². The average molecular weight is 168 g/mol. The predicted molar refractivity (Wildman–Crippen MR) is 51.2 cm³/mol. The minimum Gasteiger partial charge on any atom is -0.310 e. The van der Waals surface area contributed by atoms with Crippen LogP contribution in [0.1, 0.15) is 26.7 Å². The average Bonchev–Trinajstić information content (AvgIpc) is 2.05. The first-order chi connectivity index (χ1) is 5.75. The lowest BCUT2D eigenvalue weighted by Gasteiger charge is -2.45. The van der Waals surface area contributed by atoms with Crippen molar-refractivity contribution in [1.29, 1.82) is 0 Å². The molecule has 0 aromatic heterocycles. The number of hydrogen-bond acceptors (Lipinski definition) is 2. The van der Waals surface area contributed by atoms with E-state index in [2.05, 4.69) is 24.1 Å². The van der Waals surface area contributed by atoms with Crippen molar-refractivity contribution in [2.75, 3.05) is 19.6 Å². The van der Waals surface area contributed by atoms with Crippen molar-refractivity contribution in [3.05, 3.63) is 0 Å². The first-order valence-corrected chi connectivity index (χ1v) is 5.24. The third-order valence-electron chi connectivity index (χ3n) is 3.20. The molecule has 2 nitrogen and oxygen atoms in total. The van der Waals surface area contributed by atoms with E-state index in [1.165, 1.54) is 32.5 Å². The third-order valence-corrected chi connectivity index (χ3v) is 3.20. The molecule has 3 fully saturated rings. The van der Waals surface area contributed by atoms with Crippen LogP contribution in [0, 0.1) is 5.92 Å². The summed E-state index contributed by atoms with van der Waals surface area (Å²) < 4.78 is 0. The van der Waals surface area contributed by atoms with Crippen molar-refractivity contribution >= 4 is 0 Å². The summed E-state index contributed by atoms with van der Waals surface area (Å²) in [6, 6.07) is 1.43. The van der Waals surface area contributed by atoms with Gasteiger partial charge in [-0.2, -0.15) is 0 Å². The highest BCUT2D eigenvalue weighted by atomic mass is 15.2. The Balaban J connectivity index is 1.91. The third kappa shape index (κ3) is 1.64. The highest BCUT2D eigenvalue weighted by Gasteiger charge is 2.33. The number of piperidine rings is 3. The normalized spacial score (nSPS) is 40.8. The molecule has 3 rings (SSSR count). The Labute approximate surface area is 75.3 Å². The van der Waals surface area contributed by atoms with Gasteiger partial charge in [0.05, 0.1) is 0 Å². The van der Waals surface area contributed by atoms with Gasteiger partial charge in [-0.05, 0) is 31.8 Å². The Kier molecular flexibility index (Phi) is 2.37. The van der Waals surface area contributed by atoms with Crippen LogP contribution in [-0.4, -0.2) is 36.6 Å². The zero-order valence-electron chi connectivity index (χ0n) is 8.21. The Hall–Kier alpha value is -0.0800. The Morgan fingerprint density at radius 2 is 1.92 bits per heavy atom. The molecule has 3 heterocycles. The van der Waals surface area contributed by atoms with Crippen LogP contribution in [0.4, 0.5) is 0 Å². The Morgan fingerprint density at radius 1 is 1.25 bits per heavy atom. The van der Waals surface area contributed by atoms with Gasteiger partial charge >= 0.3 is 0 Å². The number of nitrogens with zero attached hydrogens (tertiary/aromatic N) is 1. The molecule has 0 aromatic carbocycles. The molecule has 12 heavy (non-hydrogen) atoms. The molecule has 0 radical (unpaired) electrons. The van der Waals surface area contributed by atoms with Crippen LogP contribution in [0.25, 0.3) is 0 Å².